The fourth-order valence-corrected chi connectivity index (χ4v) is 3.01. The van der Waals surface area contributed by atoms with E-state index in [4.69, 9.17) is 4.74 Å². The summed E-state index contributed by atoms with van der Waals surface area (Å²) in [6.45, 7) is 1.82. The number of carbonyl (C=O) groups is 1. The molecule has 0 saturated heterocycles. The highest BCUT2D eigenvalue weighted by molar-refractivity contribution is 9.10. The average Bonchev–Trinajstić information content (AvgIpc) is 2.43. The van der Waals surface area contributed by atoms with E-state index in [9.17, 15) is 13.6 Å². The molecule has 1 saturated carbocycles. The van der Waals surface area contributed by atoms with Crippen molar-refractivity contribution in [1.82, 2.24) is 0 Å². The molecule has 0 aliphatic heterocycles. The molecule has 0 heterocycles. The minimum absolute atomic E-state index is 0.00289. The Balaban J connectivity index is 2.17. The molecule has 1 aliphatic rings. The number of hydrogen-bond acceptors (Lipinski definition) is 3. The van der Waals surface area contributed by atoms with Gasteiger partial charge >= 0.3 is 5.97 Å². The Hall–Kier alpha value is -1.17. The predicted molar refractivity (Wildman–Crippen MR) is 81.0 cm³/mol. The van der Waals surface area contributed by atoms with Crippen molar-refractivity contribution >= 4 is 27.6 Å². The maximum Gasteiger partial charge on any atom is 0.338 e. The molecule has 1 aromatic rings. The molecule has 21 heavy (non-hydrogen) atoms. The second-order valence-electron chi connectivity index (χ2n) is 5.39. The molecule has 6 heteroatoms. The Bertz CT molecular complexity index is 539. The van der Waals surface area contributed by atoms with E-state index in [1.54, 1.807) is 6.07 Å². The van der Waals surface area contributed by atoms with Crippen molar-refractivity contribution in [2.45, 2.75) is 44.6 Å². The molecular weight excluding hydrogens is 344 g/mol. The van der Waals surface area contributed by atoms with E-state index < -0.39 is 11.9 Å². The fraction of sp³-hybridized carbons (Fsp3) is 0.533. The van der Waals surface area contributed by atoms with Gasteiger partial charge in [0.2, 0.25) is 5.92 Å². The summed E-state index contributed by atoms with van der Waals surface area (Å²) < 4.78 is 31.9. The first kappa shape index (κ1) is 16.2. The van der Waals surface area contributed by atoms with Crippen LogP contribution in [0.3, 0.4) is 0 Å². The number of esters is 1. The van der Waals surface area contributed by atoms with Gasteiger partial charge < -0.3 is 10.1 Å². The van der Waals surface area contributed by atoms with E-state index in [0.717, 1.165) is 15.7 Å². The number of methoxy groups -OCH3 is 1. The summed E-state index contributed by atoms with van der Waals surface area (Å²) in [4.78, 5) is 11.7. The molecule has 1 aliphatic carbocycles. The molecule has 1 N–H and O–H groups in total. The van der Waals surface area contributed by atoms with Gasteiger partial charge in [0.05, 0.1) is 12.7 Å². The van der Waals surface area contributed by atoms with Crippen molar-refractivity contribution in [2.24, 2.45) is 0 Å². The second kappa shape index (κ2) is 6.30. The lowest BCUT2D eigenvalue weighted by molar-refractivity contribution is -0.0360. The third kappa shape index (κ3) is 3.93. The molecular formula is C15H18BrF2NO2. The van der Waals surface area contributed by atoms with Gasteiger partial charge in [-0.05, 0) is 37.5 Å². The summed E-state index contributed by atoms with van der Waals surface area (Å²) in [5.74, 6) is -2.95. The van der Waals surface area contributed by atoms with Crippen molar-refractivity contribution < 1.29 is 18.3 Å². The Morgan fingerprint density at radius 1 is 1.38 bits per heavy atom. The van der Waals surface area contributed by atoms with Gasteiger partial charge in [-0.25, -0.2) is 13.6 Å². The minimum atomic E-state index is -2.54. The first-order valence-corrected chi connectivity index (χ1v) is 7.64. The van der Waals surface area contributed by atoms with Crippen LogP contribution in [0.15, 0.2) is 16.6 Å². The largest absolute Gasteiger partial charge is 0.465 e. The number of rotatable bonds is 3. The topological polar surface area (TPSA) is 38.3 Å². The molecule has 0 radical (unpaired) electrons. The summed E-state index contributed by atoms with van der Waals surface area (Å²) in [7, 11) is 1.33. The highest BCUT2D eigenvalue weighted by Gasteiger charge is 2.35. The summed E-state index contributed by atoms with van der Waals surface area (Å²) in [6.07, 6.45) is 0.655. The van der Waals surface area contributed by atoms with Gasteiger partial charge in [-0.15, -0.1) is 0 Å². The summed E-state index contributed by atoms with van der Waals surface area (Å²) >= 11 is 3.36. The molecule has 116 valence electrons. The van der Waals surface area contributed by atoms with Gasteiger partial charge in [-0.1, -0.05) is 15.9 Å². The van der Waals surface area contributed by atoms with Crippen molar-refractivity contribution in [1.29, 1.82) is 0 Å². The lowest BCUT2D eigenvalue weighted by Crippen LogP contribution is -2.32. The van der Waals surface area contributed by atoms with E-state index in [0.29, 0.717) is 18.4 Å². The average molecular weight is 362 g/mol. The number of alkyl halides is 2. The van der Waals surface area contributed by atoms with Crippen LogP contribution in [0.25, 0.3) is 0 Å². The smallest absolute Gasteiger partial charge is 0.338 e. The summed E-state index contributed by atoms with van der Waals surface area (Å²) in [6, 6.07) is 3.55. The lowest BCUT2D eigenvalue weighted by atomic mass is 9.91. The van der Waals surface area contributed by atoms with Crippen LogP contribution < -0.4 is 5.32 Å². The van der Waals surface area contributed by atoms with Crippen molar-refractivity contribution in [2.75, 3.05) is 12.4 Å². The number of benzene rings is 1. The third-order valence-corrected chi connectivity index (χ3v) is 4.31. The number of hydrogen-bond donors (Lipinski definition) is 1. The van der Waals surface area contributed by atoms with Crippen molar-refractivity contribution in [3.05, 3.63) is 27.7 Å². The van der Waals surface area contributed by atoms with E-state index in [2.05, 4.69) is 21.2 Å². The number of anilines is 1. The van der Waals surface area contributed by atoms with Crippen LogP contribution in [0.4, 0.5) is 14.5 Å². The van der Waals surface area contributed by atoms with E-state index in [-0.39, 0.29) is 18.9 Å². The number of carbonyl (C=O) groups excluding carboxylic acids is 1. The molecule has 0 bridgehead atoms. The molecule has 1 fully saturated rings. The van der Waals surface area contributed by atoms with Crippen LogP contribution in [0.1, 0.15) is 41.6 Å². The van der Waals surface area contributed by atoms with Crippen LogP contribution in [-0.4, -0.2) is 25.0 Å². The fourth-order valence-electron chi connectivity index (χ4n) is 2.56. The maximum atomic E-state index is 13.2. The Labute approximate surface area is 131 Å². The normalized spacial score (nSPS) is 18.3. The van der Waals surface area contributed by atoms with E-state index in [1.165, 1.54) is 7.11 Å². The minimum Gasteiger partial charge on any atom is -0.465 e. The Kier molecular flexibility index (Phi) is 4.86. The van der Waals surface area contributed by atoms with Crippen LogP contribution in [0.2, 0.25) is 0 Å². The number of ether oxygens (including phenoxy) is 1. The summed E-state index contributed by atoms with van der Waals surface area (Å²) in [5.41, 5.74) is 2.01. The first-order valence-electron chi connectivity index (χ1n) is 6.85. The molecule has 0 amide bonds. The Morgan fingerprint density at radius 3 is 2.57 bits per heavy atom. The highest BCUT2D eigenvalue weighted by atomic mass is 79.9. The van der Waals surface area contributed by atoms with Crippen molar-refractivity contribution in [3.63, 3.8) is 0 Å². The van der Waals surface area contributed by atoms with Gasteiger partial charge in [0.1, 0.15) is 0 Å². The van der Waals surface area contributed by atoms with Crippen LogP contribution in [0.5, 0.6) is 0 Å². The van der Waals surface area contributed by atoms with Crippen LogP contribution in [0, 0.1) is 6.92 Å². The standard InChI is InChI=1S/C15H18BrF2NO2/c1-9-12(14(20)21-2)7-10(16)8-13(9)19-11-3-5-15(17,18)6-4-11/h7-8,11,19H,3-6H2,1-2H3. The SMILES string of the molecule is COC(=O)c1cc(Br)cc(NC2CCC(F)(F)CC2)c1C. The van der Waals surface area contributed by atoms with Gasteiger partial charge in [0.25, 0.3) is 0 Å². The van der Waals surface area contributed by atoms with E-state index in [1.807, 2.05) is 13.0 Å². The first-order chi connectivity index (χ1) is 9.82. The number of nitrogens with one attached hydrogen (secondary N) is 1. The molecule has 0 unspecified atom stereocenters. The highest BCUT2D eigenvalue weighted by Crippen LogP contribution is 2.35. The molecule has 3 nitrogen and oxygen atoms in total. The molecule has 1 aromatic carbocycles. The maximum absolute atomic E-state index is 13.2. The molecule has 0 aromatic heterocycles. The quantitative estimate of drug-likeness (QED) is 0.803. The predicted octanol–water partition coefficient (Wildman–Crippen LogP) is 4.53. The van der Waals surface area contributed by atoms with Crippen molar-refractivity contribution in [3.8, 4) is 0 Å². The zero-order chi connectivity index (χ0) is 15.6. The second-order valence-corrected chi connectivity index (χ2v) is 6.31. The van der Waals surface area contributed by atoms with E-state index >= 15 is 0 Å². The molecule has 0 spiro atoms. The molecule has 0 atom stereocenters. The third-order valence-electron chi connectivity index (χ3n) is 3.85. The zero-order valence-electron chi connectivity index (χ0n) is 12.0. The monoisotopic (exact) mass is 361 g/mol. The van der Waals surface area contributed by atoms with Gasteiger partial charge in [-0.2, -0.15) is 0 Å². The van der Waals surface area contributed by atoms with Gasteiger partial charge in [0, 0.05) is 29.0 Å². The summed E-state index contributed by atoms with van der Waals surface area (Å²) in [5, 5.41) is 3.28. The zero-order valence-corrected chi connectivity index (χ0v) is 13.6. The lowest BCUT2D eigenvalue weighted by Gasteiger charge is -2.30. The molecule has 2 rings (SSSR count). The van der Waals surface area contributed by atoms with Crippen LogP contribution >= 0.6 is 15.9 Å². The van der Waals surface area contributed by atoms with Crippen LogP contribution in [-0.2, 0) is 4.74 Å². The number of halogens is 3. The van der Waals surface area contributed by atoms with Gasteiger partial charge in [0.15, 0.2) is 0 Å². The Morgan fingerprint density at radius 2 is 2.00 bits per heavy atom. The van der Waals surface area contributed by atoms with Gasteiger partial charge in [-0.3, -0.25) is 0 Å².